The van der Waals surface area contributed by atoms with Crippen molar-refractivity contribution in [1.82, 2.24) is 4.98 Å². The van der Waals surface area contributed by atoms with Crippen LogP contribution in [0.5, 0.6) is 0 Å². The summed E-state index contributed by atoms with van der Waals surface area (Å²) in [6.07, 6.45) is 0.872. The fourth-order valence-corrected chi connectivity index (χ4v) is 3.36. The van der Waals surface area contributed by atoms with Gasteiger partial charge in [-0.05, 0) is 29.3 Å². The maximum atomic E-state index is 11.0. The average Bonchev–Trinajstić information content (AvgIpc) is 2.81. The number of benzene rings is 2. The van der Waals surface area contributed by atoms with Gasteiger partial charge in [0.1, 0.15) is 5.76 Å². The van der Waals surface area contributed by atoms with Crippen LogP contribution in [0.4, 0.5) is 0 Å². The first-order valence-electron chi connectivity index (χ1n) is 9.64. The van der Waals surface area contributed by atoms with Gasteiger partial charge in [0.25, 0.3) is 5.70 Å². The fraction of sp³-hybridized carbons (Fsp3) is 0.0833. The zero-order valence-electron chi connectivity index (χ0n) is 16.4. The van der Waals surface area contributed by atoms with Gasteiger partial charge in [0, 0.05) is 11.6 Å². The van der Waals surface area contributed by atoms with Crippen molar-refractivity contribution >= 4 is 5.71 Å². The highest BCUT2D eigenvalue weighted by molar-refractivity contribution is 6.00. The van der Waals surface area contributed by atoms with E-state index >= 15 is 0 Å². The van der Waals surface area contributed by atoms with Gasteiger partial charge in [-0.25, -0.2) is 9.98 Å². The molecule has 154 valence electrons. The lowest BCUT2D eigenvalue weighted by molar-refractivity contribution is -0.426. The van der Waals surface area contributed by atoms with Crippen LogP contribution in [0.2, 0.25) is 0 Å². The maximum Gasteiger partial charge on any atom is 0.252 e. The number of aliphatic hydroxyl groups is 2. The van der Waals surface area contributed by atoms with Crippen LogP contribution in [0.1, 0.15) is 18.3 Å². The van der Waals surface area contributed by atoms with Crippen molar-refractivity contribution in [2.24, 2.45) is 4.99 Å². The summed E-state index contributed by atoms with van der Waals surface area (Å²) in [4.78, 5) is 19.1. The van der Waals surface area contributed by atoms with Crippen molar-refractivity contribution in [2.75, 3.05) is 0 Å². The molecule has 0 bridgehead atoms. The summed E-state index contributed by atoms with van der Waals surface area (Å²) in [5.41, 5.74) is 3.81. The number of nitro groups is 1. The zero-order valence-corrected chi connectivity index (χ0v) is 16.4. The number of aliphatic hydroxyl groups excluding tert-OH is 2. The second-order valence-corrected chi connectivity index (χ2v) is 6.95. The molecule has 2 N–H and O–H groups in total. The number of aromatic nitrogens is 1. The van der Waals surface area contributed by atoms with E-state index in [4.69, 9.17) is 0 Å². The Kier molecular flexibility index (Phi) is 5.68. The van der Waals surface area contributed by atoms with Crippen molar-refractivity contribution in [1.29, 1.82) is 0 Å². The number of nitrogens with zero attached hydrogens (tertiary/aromatic N) is 3. The highest BCUT2D eigenvalue weighted by Crippen LogP contribution is 2.31. The Morgan fingerprint density at radius 3 is 2.39 bits per heavy atom. The molecular weight excluding hydrogens is 394 g/mol. The van der Waals surface area contributed by atoms with Crippen LogP contribution in [0.15, 0.2) is 101 Å². The number of hydrogen-bond donors (Lipinski definition) is 2. The van der Waals surface area contributed by atoms with Gasteiger partial charge in [-0.3, -0.25) is 10.1 Å². The minimum Gasteiger partial charge on any atom is -0.506 e. The Hall–Kier alpha value is -4.10. The number of hydrogen-bond acceptors (Lipinski definition) is 6. The first-order chi connectivity index (χ1) is 15.0. The number of pyridine rings is 1. The molecule has 0 amide bonds. The largest absolute Gasteiger partial charge is 0.506 e. The summed E-state index contributed by atoms with van der Waals surface area (Å²) in [7, 11) is 0. The number of allylic oxidation sites excluding steroid dienone is 4. The van der Waals surface area contributed by atoms with Crippen LogP contribution in [0, 0.1) is 10.1 Å². The molecule has 2 aromatic carbocycles. The molecule has 0 saturated heterocycles. The average molecular weight is 413 g/mol. The molecule has 0 spiro atoms. The SMILES string of the molecule is O=[N+]([O-])C1=CC=C(O)C(=NC(O)c2cccc(-c3ccccc3-c3ccccc3)n2)C1. The van der Waals surface area contributed by atoms with Crippen LogP contribution in [0.25, 0.3) is 22.4 Å². The van der Waals surface area contributed by atoms with Crippen LogP contribution < -0.4 is 0 Å². The number of aliphatic imine (C=N–C) groups is 1. The van der Waals surface area contributed by atoms with Crippen molar-refractivity contribution < 1.29 is 15.1 Å². The van der Waals surface area contributed by atoms with E-state index in [-0.39, 0.29) is 29.3 Å². The quantitative estimate of drug-likeness (QED) is 0.459. The summed E-state index contributed by atoms with van der Waals surface area (Å²) in [6.45, 7) is 0. The summed E-state index contributed by atoms with van der Waals surface area (Å²) in [5.74, 6) is -0.213. The Labute approximate surface area is 178 Å². The molecule has 1 aliphatic rings. The van der Waals surface area contributed by atoms with Crippen molar-refractivity contribution in [3.05, 3.63) is 112 Å². The van der Waals surface area contributed by atoms with Crippen molar-refractivity contribution in [3.8, 4) is 22.4 Å². The van der Waals surface area contributed by atoms with Gasteiger partial charge >= 0.3 is 0 Å². The Morgan fingerprint density at radius 2 is 1.65 bits per heavy atom. The summed E-state index contributed by atoms with van der Waals surface area (Å²) < 4.78 is 0. The van der Waals surface area contributed by atoms with Gasteiger partial charge in [-0.15, -0.1) is 0 Å². The van der Waals surface area contributed by atoms with Gasteiger partial charge in [-0.2, -0.15) is 0 Å². The standard InChI is InChI=1S/C24H19N3O4/c28-23-14-13-17(27(30)31)15-22(23)26-24(29)21-12-6-11-20(25-21)19-10-5-4-9-18(19)16-7-2-1-3-8-16/h1-14,24,28-29H,15H2. The van der Waals surface area contributed by atoms with Gasteiger partial charge in [0.05, 0.1) is 28.4 Å². The van der Waals surface area contributed by atoms with Crippen LogP contribution in [-0.2, 0) is 0 Å². The molecule has 3 aromatic rings. The lowest BCUT2D eigenvalue weighted by atomic mass is 9.97. The normalized spacial score (nSPS) is 15.8. The van der Waals surface area contributed by atoms with E-state index in [0.717, 1.165) is 16.7 Å². The van der Waals surface area contributed by atoms with Gasteiger partial charge in [0.2, 0.25) is 0 Å². The van der Waals surface area contributed by atoms with Crippen LogP contribution >= 0.6 is 0 Å². The topological polar surface area (TPSA) is 109 Å². The summed E-state index contributed by atoms with van der Waals surface area (Å²) in [5, 5.41) is 31.6. The van der Waals surface area contributed by atoms with E-state index in [1.165, 1.54) is 12.2 Å². The van der Waals surface area contributed by atoms with Crippen LogP contribution in [0.3, 0.4) is 0 Å². The second kappa shape index (κ2) is 8.73. The molecule has 1 unspecified atom stereocenters. The first-order valence-corrected chi connectivity index (χ1v) is 9.64. The van der Waals surface area contributed by atoms with Crippen LogP contribution in [-0.4, -0.2) is 25.8 Å². The van der Waals surface area contributed by atoms with Crippen molar-refractivity contribution in [2.45, 2.75) is 12.6 Å². The fourth-order valence-electron chi connectivity index (χ4n) is 3.36. The predicted molar refractivity (Wildman–Crippen MR) is 118 cm³/mol. The molecule has 0 radical (unpaired) electrons. The minimum atomic E-state index is -1.37. The Morgan fingerprint density at radius 1 is 0.935 bits per heavy atom. The van der Waals surface area contributed by atoms with Gasteiger partial charge < -0.3 is 10.2 Å². The Bertz CT molecular complexity index is 1220. The predicted octanol–water partition coefficient (Wildman–Crippen LogP) is 4.85. The molecule has 4 rings (SSSR count). The summed E-state index contributed by atoms with van der Waals surface area (Å²) in [6, 6.07) is 23.0. The molecule has 1 aromatic heterocycles. The molecular formula is C24H19N3O4. The lowest BCUT2D eigenvalue weighted by Crippen LogP contribution is -2.14. The first kappa shape index (κ1) is 20.2. The highest BCUT2D eigenvalue weighted by atomic mass is 16.6. The van der Waals surface area contributed by atoms with Gasteiger partial charge in [-0.1, -0.05) is 60.7 Å². The zero-order chi connectivity index (χ0) is 21.8. The van der Waals surface area contributed by atoms with E-state index < -0.39 is 11.2 Å². The minimum absolute atomic E-state index is 0.0404. The van der Waals surface area contributed by atoms with E-state index in [1.54, 1.807) is 12.1 Å². The highest BCUT2D eigenvalue weighted by Gasteiger charge is 2.22. The molecule has 7 heteroatoms. The molecule has 0 aliphatic heterocycles. The maximum absolute atomic E-state index is 11.0. The third kappa shape index (κ3) is 4.41. The smallest absolute Gasteiger partial charge is 0.252 e. The molecule has 1 heterocycles. The van der Waals surface area contributed by atoms with E-state index in [9.17, 15) is 20.3 Å². The second-order valence-electron chi connectivity index (χ2n) is 6.95. The molecule has 0 saturated carbocycles. The summed E-state index contributed by atoms with van der Waals surface area (Å²) >= 11 is 0. The number of rotatable bonds is 5. The Balaban J connectivity index is 1.67. The van der Waals surface area contributed by atoms with Gasteiger partial charge in [0.15, 0.2) is 6.23 Å². The van der Waals surface area contributed by atoms with E-state index in [2.05, 4.69) is 9.98 Å². The molecule has 1 atom stereocenters. The molecule has 7 nitrogen and oxygen atoms in total. The molecule has 1 aliphatic carbocycles. The van der Waals surface area contributed by atoms with E-state index in [0.29, 0.717) is 5.69 Å². The van der Waals surface area contributed by atoms with Crippen molar-refractivity contribution in [3.63, 3.8) is 0 Å². The molecule has 31 heavy (non-hydrogen) atoms. The molecule has 0 fully saturated rings. The third-order valence-electron chi connectivity index (χ3n) is 4.91. The lowest BCUT2D eigenvalue weighted by Gasteiger charge is -2.13. The third-order valence-corrected chi connectivity index (χ3v) is 4.91. The van der Waals surface area contributed by atoms with E-state index in [1.807, 2.05) is 60.7 Å². The monoisotopic (exact) mass is 413 g/mol.